The number of nitriles is 1. The van der Waals surface area contributed by atoms with Crippen LogP contribution in [0.5, 0.6) is 5.75 Å². The van der Waals surface area contributed by atoms with Gasteiger partial charge in [0.15, 0.2) is 11.6 Å². The van der Waals surface area contributed by atoms with E-state index in [1.807, 2.05) is 0 Å². The second-order valence-electron chi connectivity index (χ2n) is 4.22. The van der Waals surface area contributed by atoms with Gasteiger partial charge in [-0.1, -0.05) is 0 Å². The van der Waals surface area contributed by atoms with Crippen molar-refractivity contribution in [2.45, 2.75) is 25.3 Å². The van der Waals surface area contributed by atoms with Gasteiger partial charge >= 0.3 is 0 Å². The molecule has 0 aliphatic carbocycles. The lowest BCUT2D eigenvalue weighted by Gasteiger charge is -2.20. The van der Waals surface area contributed by atoms with Crippen molar-refractivity contribution in [3.8, 4) is 11.8 Å². The predicted octanol–water partition coefficient (Wildman–Crippen LogP) is 2.63. The van der Waals surface area contributed by atoms with Crippen LogP contribution in [0.4, 0.5) is 8.78 Å². The van der Waals surface area contributed by atoms with Crippen LogP contribution < -0.4 is 10.1 Å². The number of rotatable bonds is 6. The van der Waals surface area contributed by atoms with Crippen LogP contribution in [0.3, 0.4) is 0 Å². The zero-order chi connectivity index (χ0) is 13.6. The summed E-state index contributed by atoms with van der Waals surface area (Å²) >= 11 is 0. The minimum Gasteiger partial charge on any atom is -0.490 e. The molecule has 0 aliphatic heterocycles. The average Bonchev–Trinajstić information content (AvgIpc) is 2.38. The van der Waals surface area contributed by atoms with Gasteiger partial charge in [-0.2, -0.15) is 5.26 Å². The van der Waals surface area contributed by atoms with E-state index in [0.29, 0.717) is 12.8 Å². The highest BCUT2D eigenvalue weighted by Gasteiger charge is 2.20. The number of benzene rings is 1. The summed E-state index contributed by atoms with van der Waals surface area (Å²) in [6, 6.07) is 5.22. The molecular weight excluding hydrogens is 238 g/mol. The largest absolute Gasteiger partial charge is 0.490 e. The third-order valence-corrected chi connectivity index (χ3v) is 2.77. The van der Waals surface area contributed by atoms with Crippen LogP contribution in [0.15, 0.2) is 18.2 Å². The Labute approximate surface area is 105 Å². The van der Waals surface area contributed by atoms with Gasteiger partial charge in [0.2, 0.25) is 0 Å². The first-order valence-corrected chi connectivity index (χ1v) is 5.69. The summed E-state index contributed by atoms with van der Waals surface area (Å²) in [5.41, 5.74) is -0.621. The third-order valence-electron chi connectivity index (χ3n) is 2.77. The molecule has 0 aliphatic rings. The Morgan fingerprint density at radius 1 is 1.44 bits per heavy atom. The van der Waals surface area contributed by atoms with Crippen molar-refractivity contribution in [3.63, 3.8) is 0 Å². The van der Waals surface area contributed by atoms with Crippen LogP contribution in [-0.2, 0) is 0 Å². The second-order valence-corrected chi connectivity index (χ2v) is 4.22. The number of hydrogen-bond donors (Lipinski definition) is 1. The molecule has 0 saturated heterocycles. The fourth-order valence-corrected chi connectivity index (χ4v) is 1.43. The van der Waals surface area contributed by atoms with E-state index in [2.05, 4.69) is 11.4 Å². The van der Waals surface area contributed by atoms with Crippen LogP contribution in [0, 0.1) is 23.0 Å². The highest BCUT2D eigenvalue weighted by molar-refractivity contribution is 5.24. The van der Waals surface area contributed by atoms with Crippen molar-refractivity contribution in [2.24, 2.45) is 0 Å². The maximum atomic E-state index is 13.2. The summed E-state index contributed by atoms with van der Waals surface area (Å²) in [4.78, 5) is 0. The molecule has 0 spiro atoms. The van der Waals surface area contributed by atoms with E-state index < -0.39 is 17.2 Å². The van der Waals surface area contributed by atoms with E-state index in [1.165, 1.54) is 0 Å². The molecule has 1 atom stereocenters. The SMILES string of the molecule is CNC(C)(C#N)CCCOc1cc(F)ccc1F. The van der Waals surface area contributed by atoms with Crippen molar-refractivity contribution in [2.75, 3.05) is 13.7 Å². The Morgan fingerprint density at radius 3 is 2.78 bits per heavy atom. The van der Waals surface area contributed by atoms with Crippen molar-refractivity contribution in [3.05, 3.63) is 29.8 Å². The van der Waals surface area contributed by atoms with Gasteiger partial charge < -0.3 is 10.1 Å². The molecule has 0 amide bonds. The molecule has 0 heterocycles. The topological polar surface area (TPSA) is 45.0 Å². The first-order valence-electron chi connectivity index (χ1n) is 5.69. The predicted molar refractivity (Wildman–Crippen MR) is 64.2 cm³/mol. The van der Waals surface area contributed by atoms with Gasteiger partial charge in [-0.3, -0.25) is 0 Å². The molecule has 3 nitrogen and oxygen atoms in total. The Hall–Kier alpha value is -1.67. The standard InChI is InChI=1S/C13H16F2N2O/c1-13(9-16,17-2)6-3-7-18-12-8-10(14)4-5-11(12)15/h4-5,8,17H,3,6-7H2,1-2H3. The van der Waals surface area contributed by atoms with Crippen LogP contribution in [0.1, 0.15) is 19.8 Å². The van der Waals surface area contributed by atoms with E-state index in [9.17, 15) is 8.78 Å². The van der Waals surface area contributed by atoms with Gasteiger partial charge in [0.1, 0.15) is 11.4 Å². The Bertz CT molecular complexity index is 445. The minimum absolute atomic E-state index is 0.0990. The van der Waals surface area contributed by atoms with Crippen molar-refractivity contribution in [1.29, 1.82) is 5.26 Å². The lowest BCUT2D eigenvalue weighted by atomic mass is 9.98. The Morgan fingerprint density at radius 2 is 2.17 bits per heavy atom. The summed E-state index contributed by atoms with van der Waals surface area (Å²) in [7, 11) is 1.70. The Balaban J connectivity index is 2.43. The molecule has 5 heteroatoms. The maximum Gasteiger partial charge on any atom is 0.165 e. The molecule has 0 saturated carbocycles. The Kier molecular flexibility index (Phi) is 5.05. The summed E-state index contributed by atoms with van der Waals surface area (Å²) in [5, 5.41) is 11.8. The van der Waals surface area contributed by atoms with E-state index >= 15 is 0 Å². The molecule has 0 fully saturated rings. The normalized spacial score (nSPS) is 13.7. The van der Waals surface area contributed by atoms with Gasteiger partial charge in [0, 0.05) is 6.07 Å². The molecule has 0 bridgehead atoms. The minimum atomic E-state index is -0.621. The highest BCUT2D eigenvalue weighted by Crippen LogP contribution is 2.19. The average molecular weight is 254 g/mol. The van der Waals surface area contributed by atoms with Gasteiger partial charge in [-0.25, -0.2) is 8.78 Å². The van der Waals surface area contributed by atoms with Gasteiger partial charge in [0.05, 0.1) is 12.7 Å². The number of hydrogen-bond acceptors (Lipinski definition) is 3. The zero-order valence-corrected chi connectivity index (χ0v) is 10.5. The molecule has 1 rings (SSSR count). The van der Waals surface area contributed by atoms with Crippen molar-refractivity contribution in [1.82, 2.24) is 5.32 Å². The second kappa shape index (κ2) is 6.31. The van der Waals surface area contributed by atoms with Crippen molar-refractivity contribution < 1.29 is 13.5 Å². The quantitative estimate of drug-likeness (QED) is 0.794. The van der Waals surface area contributed by atoms with E-state index in [1.54, 1.807) is 14.0 Å². The first-order chi connectivity index (χ1) is 8.50. The maximum absolute atomic E-state index is 13.2. The molecular formula is C13H16F2N2O. The van der Waals surface area contributed by atoms with Gasteiger partial charge in [-0.15, -0.1) is 0 Å². The summed E-state index contributed by atoms with van der Waals surface area (Å²) in [5.74, 6) is -1.23. The molecule has 0 radical (unpaired) electrons. The number of nitrogens with one attached hydrogen (secondary N) is 1. The monoisotopic (exact) mass is 254 g/mol. The molecule has 0 aromatic heterocycles. The number of ether oxygens (including phenoxy) is 1. The summed E-state index contributed by atoms with van der Waals surface area (Å²) in [6.07, 6.45) is 1.14. The van der Waals surface area contributed by atoms with Crippen LogP contribution in [0.25, 0.3) is 0 Å². The van der Waals surface area contributed by atoms with Crippen molar-refractivity contribution >= 4 is 0 Å². The summed E-state index contributed by atoms with van der Waals surface area (Å²) < 4.78 is 31.2. The molecule has 18 heavy (non-hydrogen) atoms. The van der Waals surface area contributed by atoms with E-state index in [-0.39, 0.29) is 12.4 Å². The van der Waals surface area contributed by atoms with Crippen LogP contribution in [0.2, 0.25) is 0 Å². The number of halogens is 2. The zero-order valence-electron chi connectivity index (χ0n) is 10.5. The summed E-state index contributed by atoms with van der Waals surface area (Å²) in [6.45, 7) is 2.01. The first kappa shape index (κ1) is 14.4. The van der Waals surface area contributed by atoms with Crippen LogP contribution in [-0.4, -0.2) is 19.2 Å². The van der Waals surface area contributed by atoms with E-state index in [0.717, 1.165) is 18.2 Å². The molecule has 1 aromatic carbocycles. The third kappa shape index (κ3) is 3.97. The smallest absolute Gasteiger partial charge is 0.165 e. The highest BCUT2D eigenvalue weighted by atomic mass is 19.1. The molecule has 1 N–H and O–H groups in total. The molecule has 1 unspecified atom stereocenters. The fraction of sp³-hybridized carbons (Fsp3) is 0.462. The molecule has 1 aromatic rings. The van der Waals surface area contributed by atoms with E-state index in [4.69, 9.17) is 10.00 Å². The number of nitrogens with zero attached hydrogens (tertiary/aromatic N) is 1. The fourth-order valence-electron chi connectivity index (χ4n) is 1.43. The lowest BCUT2D eigenvalue weighted by molar-refractivity contribution is 0.275. The van der Waals surface area contributed by atoms with Crippen LogP contribution >= 0.6 is 0 Å². The lowest BCUT2D eigenvalue weighted by Crippen LogP contribution is -2.38. The molecule has 98 valence electrons. The van der Waals surface area contributed by atoms with Gasteiger partial charge in [-0.05, 0) is 38.9 Å². The van der Waals surface area contributed by atoms with Gasteiger partial charge in [0.25, 0.3) is 0 Å².